The summed E-state index contributed by atoms with van der Waals surface area (Å²) in [6.45, 7) is 7.68. The van der Waals surface area contributed by atoms with Crippen LogP contribution in [0.5, 0.6) is 5.75 Å². The Morgan fingerprint density at radius 3 is 2.76 bits per heavy atom. The van der Waals surface area contributed by atoms with E-state index in [0.29, 0.717) is 49.4 Å². The van der Waals surface area contributed by atoms with E-state index in [4.69, 9.17) is 4.74 Å². The molecule has 0 aromatic heterocycles. The Morgan fingerprint density at radius 1 is 1.36 bits per heavy atom. The molecular weight excluding hydrogens is 319 g/mol. The number of rotatable bonds is 9. The molecule has 1 aliphatic carbocycles. The molecule has 4 nitrogen and oxygen atoms in total. The molecule has 0 unspecified atom stereocenters. The minimum Gasteiger partial charge on any atom is -0.493 e. The molecule has 1 N–H and O–H groups in total. The van der Waals surface area contributed by atoms with E-state index in [1.165, 1.54) is 18.9 Å². The van der Waals surface area contributed by atoms with Gasteiger partial charge in [0.1, 0.15) is 11.6 Å². The summed E-state index contributed by atoms with van der Waals surface area (Å²) in [4.78, 5) is 14.1. The molecule has 2 aliphatic rings. The van der Waals surface area contributed by atoms with Crippen LogP contribution < -0.4 is 10.1 Å². The van der Waals surface area contributed by atoms with Gasteiger partial charge in [-0.15, -0.1) is 0 Å². The summed E-state index contributed by atoms with van der Waals surface area (Å²) in [5.41, 5.74) is 0.660. The van der Waals surface area contributed by atoms with Gasteiger partial charge in [0, 0.05) is 37.8 Å². The quantitative estimate of drug-likeness (QED) is 0.745. The van der Waals surface area contributed by atoms with Crippen LogP contribution in [0, 0.1) is 23.6 Å². The van der Waals surface area contributed by atoms with Gasteiger partial charge >= 0.3 is 0 Å². The van der Waals surface area contributed by atoms with Crippen molar-refractivity contribution in [2.75, 3.05) is 26.2 Å². The summed E-state index contributed by atoms with van der Waals surface area (Å²) in [6, 6.07) is 5.09. The molecule has 1 amide bonds. The maximum Gasteiger partial charge on any atom is 0.225 e. The smallest absolute Gasteiger partial charge is 0.225 e. The van der Waals surface area contributed by atoms with E-state index < -0.39 is 0 Å². The zero-order valence-electron chi connectivity index (χ0n) is 15.3. The lowest BCUT2D eigenvalue weighted by molar-refractivity contribution is -0.130. The lowest BCUT2D eigenvalue weighted by Gasteiger charge is -2.38. The fourth-order valence-corrected chi connectivity index (χ4v) is 2.98. The number of hydrogen-bond acceptors (Lipinski definition) is 3. The van der Waals surface area contributed by atoms with Crippen LogP contribution in [0.4, 0.5) is 4.39 Å². The fourth-order valence-electron chi connectivity index (χ4n) is 2.98. The average molecular weight is 348 g/mol. The van der Waals surface area contributed by atoms with Gasteiger partial charge in [-0.25, -0.2) is 4.39 Å². The molecule has 1 saturated heterocycles. The molecule has 0 atom stereocenters. The molecule has 0 radical (unpaired) electrons. The second-order valence-corrected chi connectivity index (χ2v) is 7.86. The number of nitrogens with zero attached hydrogens (tertiary/aromatic N) is 1. The first kappa shape index (κ1) is 18.2. The molecule has 0 bridgehead atoms. The van der Waals surface area contributed by atoms with Crippen LogP contribution in [0.2, 0.25) is 0 Å². The molecule has 25 heavy (non-hydrogen) atoms. The lowest BCUT2D eigenvalue weighted by Crippen LogP contribution is -2.53. The van der Waals surface area contributed by atoms with Crippen molar-refractivity contribution in [2.45, 2.75) is 39.7 Å². The summed E-state index contributed by atoms with van der Waals surface area (Å²) >= 11 is 0. The van der Waals surface area contributed by atoms with E-state index in [1.54, 1.807) is 6.07 Å². The number of ether oxygens (including phenoxy) is 1. The Morgan fingerprint density at radius 2 is 2.12 bits per heavy atom. The maximum atomic E-state index is 14.2. The standard InChI is InChI=1S/C20H29FN2O2/c1-14(2)7-8-25-18-6-5-16(19(21)9-18)11-23-12-17(13-23)20(24)22-10-15-3-4-15/h5-6,9,14-15,17H,3-4,7-8,10-13H2,1-2H3,(H,22,24). The van der Waals surface area contributed by atoms with Crippen molar-refractivity contribution in [3.8, 4) is 5.75 Å². The third-order valence-electron chi connectivity index (χ3n) is 4.97. The van der Waals surface area contributed by atoms with Crippen molar-refractivity contribution < 1.29 is 13.9 Å². The van der Waals surface area contributed by atoms with Crippen molar-refractivity contribution in [1.82, 2.24) is 10.2 Å². The van der Waals surface area contributed by atoms with Crippen molar-refractivity contribution in [2.24, 2.45) is 17.8 Å². The van der Waals surface area contributed by atoms with Crippen LogP contribution in [0.3, 0.4) is 0 Å². The highest BCUT2D eigenvalue weighted by molar-refractivity contribution is 5.80. The SMILES string of the molecule is CC(C)CCOc1ccc(CN2CC(C(=O)NCC3CC3)C2)c(F)c1. The zero-order valence-corrected chi connectivity index (χ0v) is 15.3. The van der Waals surface area contributed by atoms with Gasteiger partial charge in [0.15, 0.2) is 0 Å². The molecular formula is C20H29FN2O2. The fraction of sp³-hybridized carbons (Fsp3) is 0.650. The number of halogens is 1. The van der Waals surface area contributed by atoms with Gasteiger partial charge in [0.2, 0.25) is 5.91 Å². The molecule has 3 rings (SSSR count). The predicted octanol–water partition coefficient (Wildman–Crippen LogP) is 3.21. The Hall–Kier alpha value is -1.62. The summed E-state index contributed by atoms with van der Waals surface area (Å²) in [6.07, 6.45) is 3.45. The Bertz CT molecular complexity index is 595. The Kier molecular flexibility index (Phi) is 5.94. The molecule has 1 heterocycles. The number of hydrogen-bond donors (Lipinski definition) is 1. The van der Waals surface area contributed by atoms with E-state index >= 15 is 0 Å². The molecule has 1 aromatic rings. The normalized spacial score (nSPS) is 18.2. The zero-order chi connectivity index (χ0) is 17.8. The summed E-state index contributed by atoms with van der Waals surface area (Å²) in [5, 5.41) is 3.02. The number of carbonyl (C=O) groups is 1. The van der Waals surface area contributed by atoms with E-state index in [1.807, 2.05) is 6.07 Å². The van der Waals surface area contributed by atoms with Gasteiger partial charge in [-0.05, 0) is 37.2 Å². The Labute approximate surface area is 149 Å². The van der Waals surface area contributed by atoms with Gasteiger partial charge in [-0.1, -0.05) is 19.9 Å². The van der Waals surface area contributed by atoms with Crippen LogP contribution in [0.25, 0.3) is 0 Å². The van der Waals surface area contributed by atoms with Gasteiger partial charge in [0.05, 0.1) is 12.5 Å². The van der Waals surface area contributed by atoms with Crippen LogP contribution in [0.1, 0.15) is 38.7 Å². The second-order valence-electron chi connectivity index (χ2n) is 7.86. The highest BCUT2D eigenvalue weighted by Crippen LogP contribution is 2.28. The topological polar surface area (TPSA) is 41.6 Å². The van der Waals surface area contributed by atoms with Crippen LogP contribution >= 0.6 is 0 Å². The summed E-state index contributed by atoms with van der Waals surface area (Å²) < 4.78 is 19.8. The molecule has 138 valence electrons. The number of carbonyl (C=O) groups excluding carboxylic acids is 1. The molecule has 5 heteroatoms. The largest absolute Gasteiger partial charge is 0.493 e. The number of nitrogens with one attached hydrogen (secondary N) is 1. The van der Waals surface area contributed by atoms with E-state index in [9.17, 15) is 9.18 Å². The maximum absolute atomic E-state index is 14.2. The number of benzene rings is 1. The first-order chi connectivity index (χ1) is 12.0. The third kappa shape index (κ3) is 5.43. The summed E-state index contributed by atoms with van der Waals surface area (Å²) in [5.74, 6) is 1.84. The van der Waals surface area contributed by atoms with Gasteiger partial charge < -0.3 is 10.1 Å². The molecule has 0 spiro atoms. The van der Waals surface area contributed by atoms with Gasteiger partial charge in [-0.2, -0.15) is 0 Å². The van der Waals surface area contributed by atoms with Crippen LogP contribution in [-0.2, 0) is 11.3 Å². The van der Waals surface area contributed by atoms with Crippen molar-refractivity contribution >= 4 is 5.91 Å². The van der Waals surface area contributed by atoms with Crippen LogP contribution in [0.15, 0.2) is 18.2 Å². The highest BCUT2D eigenvalue weighted by atomic mass is 19.1. The first-order valence-corrected chi connectivity index (χ1v) is 9.42. The minimum absolute atomic E-state index is 0.0560. The van der Waals surface area contributed by atoms with Crippen LogP contribution in [-0.4, -0.2) is 37.0 Å². The van der Waals surface area contributed by atoms with Gasteiger partial charge in [0.25, 0.3) is 0 Å². The average Bonchev–Trinajstić information content (AvgIpc) is 3.33. The molecule has 1 saturated carbocycles. The molecule has 1 aliphatic heterocycles. The Balaban J connectivity index is 1.40. The summed E-state index contributed by atoms with van der Waals surface area (Å²) in [7, 11) is 0. The van der Waals surface area contributed by atoms with Crippen molar-refractivity contribution in [3.63, 3.8) is 0 Å². The first-order valence-electron chi connectivity index (χ1n) is 9.42. The van der Waals surface area contributed by atoms with Gasteiger partial charge in [-0.3, -0.25) is 9.69 Å². The minimum atomic E-state index is -0.233. The lowest BCUT2D eigenvalue weighted by atomic mass is 9.98. The molecule has 1 aromatic carbocycles. The second kappa shape index (κ2) is 8.17. The third-order valence-corrected chi connectivity index (χ3v) is 4.97. The van der Waals surface area contributed by atoms with E-state index in [-0.39, 0.29) is 17.6 Å². The van der Waals surface area contributed by atoms with Crippen molar-refractivity contribution in [3.05, 3.63) is 29.6 Å². The van der Waals surface area contributed by atoms with Crippen molar-refractivity contribution in [1.29, 1.82) is 0 Å². The predicted molar refractivity (Wildman–Crippen MR) is 95.9 cm³/mol. The van der Waals surface area contributed by atoms with E-state index in [0.717, 1.165) is 13.0 Å². The number of amides is 1. The molecule has 2 fully saturated rings. The monoisotopic (exact) mass is 348 g/mol. The highest BCUT2D eigenvalue weighted by Gasteiger charge is 2.33. The van der Waals surface area contributed by atoms with E-state index in [2.05, 4.69) is 24.1 Å². The number of likely N-dealkylation sites (tertiary alicyclic amines) is 1.